The van der Waals surface area contributed by atoms with E-state index in [0.29, 0.717) is 19.0 Å². The second-order valence-electron chi connectivity index (χ2n) is 5.74. The van der Waals surface area contributed by atoms with Gasteiger partial charge in [-0.15, -0.1) is 23.1 Å². The second kappa shape index (κ2) is 9.67. The molecular formula is C17H19FN4O3S2. The van der Waals surface area contributed by atoms with Crippen LogP contribution in [-0.2, 0) is 15.3 Å². The van der Waals surface area contributed by atoms with Crippen molar-refractivity contribution in [2.75, 3.05) is 37.0 Å². The van der Waals surface area contributed by atoms with Crippen LogP contribution in [0.2, 0.25) is 0 Å². The monoisotopic (exact) mass is 410 g/mol. The summed E-state index contributed by atoms with van der Waals surface area (Å²) in [6.45, 7) is 2.78. The van der Waals surface area contributed by atoms with Crippen molar-refractivity contribution < 1.29 is 18.7 Å². The number of carbonyl (C=O) groups excluding carboxylic acids is 2. The van der Waals surface area contributed by atoms with Gasteiger partial charge < -0.3 is 9.64 Å². The Balaban J connectivity index is 1.38. The summed E-state index contributed by atoms with van der Waals surface area (Å²) < 4.78 is 18.1. The number of morpholine rings is 1. The van der Waals surface area contributed by atoms with E-state index in [4.69, 9.17) is 4.74 Å². The highest BCUT2D eigenvalue weighted by Crippen LogP contribution is 2.21. The van der Waals surface area contributed by atoms with Gasteiger partial charge in [0.15, 0.2) is 5.13 Å². The highest BCUT2D eigenvalue weighted by Gasteiger charge is 2.17. The summed E-state index contributed by atoms with van der Waals surface area (Å²) in [6.07, 6.45) is 0. The van der Waals surface area contributed by atoms with Gasteiger partial charge in [-0.25, -0.2) is 9.37 Å². The molecule has 27 heavy (non-hydrogen) atoms. The number of hydrogen-bond acceptors (Lipinski definition) is 7. The van der Waals surface area contributed by atoms with E-state index in [-0.39, 0.29) is 23.2 Å². The maximum atomic E-state index is 12.8. The molecule has 1 aromatic carbocycles. The third-order valence-electron chi connectivity index (χ3n) is 3.74. The minimum Gasteiger partial charge on any atom is -0.378 e. The lowest BCUT2D eigenvalue weighted by molar-refractivity contribution is -0.119. The van der Waals surface area contributed by atoms with E-state index in [1.54, 1.807) is 17.5 Å². The number of ether oxygens (including phenoxy) is 1. The van der Waals surface area contributed by atoms with Crippen molar-refractivity contribution in [1.29, 1.82) is 0 Å². The number of carbonyl (C=O) groups is 2. The molecule has 0 radical (unpaired) electrons. The Morgan fingerprint density at radius 2 is 1.96 bits per heavy atom. The molecule has 2 heterocycles. The molecule has 0 spiro atoms. The Hall–Kier alpha value is -2.17. The first kappa shape index (κ1) is 19.6. The SMILES string of the molecule is O=C(CSCc1ccc(F)cc1)NNC(=O)c1csc(N2CCOCC2)n1. The molecule has 3 rings (SSSR count). The first-order valence-electron chi connectivity index (χ1n) is 8.31. The summed E-state index contributed by atoms with van der Waals surface area (Å²) in [5.74, 6) is -0.311. The van der Waals surface area contributed by atoms with Crippen LogP contribution in [0.4, 0.5) is 9.52 Å². The van der Waals surface area contributed by atoms with Crippen LogP contribution in [0.3, 0.4) is 0 Å². The van der Waals surface area contributed by atoms with Crippen LogP contribution < -0.4 is 15.8 Å². The van der Waals surface area contributed by atoms with Crippen LogP contribution >= 0.6 is 23.1 Å². The van der Waals surface area contributed by atoms with Gasteiger partial charge in [-0.3, -0.25) is 20.4 Å². The number of anilines is 1. The number of hydrogen-bond donors (Lipinski definition) is 2. The second-order valence-corrected chi connectivity index (χ2v) is 7.56. The smallest absolute Gasteiger partial charge is 0.289 e. The molecular weight excluding hydrogens is 391 g/mol. The van der Waals surface area contributed by atoms with E-state index in [9.17, 15) is 14.0 Å². The minimum atomic E-state index is -0.456. The molecule has 1 saturated heterocycles. The van der Waals surface area contributed by atoms with Gasteiger partial charge in [-0.1, -0.05) is 12.1 Å². The van der Waals surface area contributed by atoms with Crippen LogP contribution in [-0.4, -0.2) is 48.9 Å². The molecule has 10 heteroatoms. The Morgan fingerprint density at radius 1 is 1.22 bits per heavy atom. The Kier molecular flexibility index (Phi) is 7.02. The van der Waals surface area contributed by atoms with E-state index in [1.165, 1.54) is 35.2 Å². The van der Waals surface area contributed by atoms with Crippen LogP contribution in [0.25, 0.3) is 0 Å². The number of thioether (sulfide) groups is 1. The lowest BCUT2D eigenvalue weighted by Crippen LogP contribution is -2.42. The van der Waals surface area contributed by atoms with Crippen LogP contribution in [0, 0.1) is 5.82 Å². The molecule has 7 nitrogen and oxygen atoms in total. The first-order chi connectivity index (χ1) is 13.1. The largest absolute Gasteiger partial charge is 0.378 e. The lowest BCUT2D eigenvalue weighted by atomic mass is 10.2. The molecule has 1 aliphatic rings. The predicted molar refractivity (Wildman–Crippen MR) is 103 cm³/mol. The van der Waals surface area contributed by atoms with Crippen molar-refractivity contribution in [2.45, 2.75) is 5.75 Å². The van der Waals surface area contributed by atoms with E-state index in [1.807, 2.05) is 0 Å². The lowest BCUT2D eigenvalue weighted by Gasteiger charge is -2.25. The molecule has 0 saturated carbocycles. The molecule has 1 aliphatic heterocycles. The molecule has 2 N–H and O–H groups in total. The summed E-state index contributed by atoms with van der Waals surface area (Å²) in [4.78, 5) is 30.3. The summed E-state index contributed by atoms with van der Waals surface area (Å²) >= 11 is 2.76. The number of aromatic nitrogens is 1. The Labute approximate surface area is 164 Å². The van der Waals surface area contributed by atoms with Gasteiger partial charge in [0.1, 0.15) is 11.5 Å². The van der Waals surface area contributed by atoms with Gasteiger partial charge in [0.05, 0.1) is 19.0 Å². The zero-order valence-electron chi connectivity index (χ0n) is 14.4. The molecule has 2 amide bonds. The van der Waals surface area contributed by atoms with Gasteiger partial charge in [-0.05, 0) is 17.7 Å². The van der Waals surface area contributed by atoms with Crippen molar-refractivity contribution in [3.8, 4) is 0 Å². The average molecular weight is 410 g/mol. The number of halogens is 1. The average Bonchev–Trinajstić information content (AvgIpc) is 3.19. The summed E-state index contributed by atoms with van der Waals surface area (Å²) in [7, 11) is 0. The van der Waals surface area contributed by atoms with E-state index < -0.39 is 5.91 Å². The van der Waals surface area contributed by atoms with Crippen molar-refractivity contribution >= 4 is 40.0 Å². The predicted octanol–water partition coefficient (Wildman–Crippen LogP) is 1.81. The van der Waals surface area contributed by atoms with Crippen LogP contribution in [0.15, 0.2) is 29.6 Å². The third-order valence-corrected chi connectivity index (χ3v) is 5.64. The highest BCUT2D eigenvalue weighted by atomic mass is 32.2. The van der Waals surface area contributed by atoms with Crippen LogP contribution in [0.5, 0.6) is 0 Å². The van der Waals surface area contributed by atoms with Gasteiger partial charge in [0.2, 0.25) is 5.91 Å². The number of hydrazine groups is 1. The molecule has 0 bridgehead atoms. The Morgan fingerprint density at radius 3 is 2.70 bits per heavy atom. The molecule has 0 atom stereocenters. The number of benzene rings is 1. The van der Waals surface area contributed by atoms with Crippen molar-refractivity contribution in [1.82, 2.24) is 15.8 Å². The van der Waals surface area contributed by atoms with Gasteiger partial charge in [-0.2, -0.15) is 0 Å². The molecule has 1 fully saturated rings. The standard InChI is InChI=1S/C17H19FN4O3S2/c18-13-3-1-12(2-4-13)9-26-11-15(23)20-21-16(24)14-10-27-17(19-14)22-5-7-25-8-6-22/h1-4,10H,5-9,11H2,(H,20,23)(H,21,24). The third kappa shape index (κ3) is 5.91. The van der Waals surface area contributed by atoms with Crippen molar-refractivity contribution in [2.24, 2.45) is 0 Å². The number of amides is 2. The van der Waals surface area contributed by atoms with E-state index >= 15 is 0 Å². The van der Waals surface area contributed by atoms with E-state index in [2.05, 4.69) is 20.7 Å². The van der Waals surface area contributed by atoms with Gasteiger partial charge in [0, 0.05) is 24.2 Å². The fourth-order valence-electron chi connectivity index (χ4n) is 2.34. The van der Waals surface area contributed by atoms with E-state index in [0.717, 1.165) is 23.8 Å². The molecule has 0 unspecified atom stereocenters. The number of nitrogens with one attached hydrogen (secondary N) is 2. The fourth-order valence-corrected chi connectivity index (χ4v) is 3.98. The maximum Gasteiger partial charge on any atom is 0.289 e. The maximum absolute atomic E-state index is 12.8. The number of nitrogens with zero attached hydrogens (tertiary/aromatic N) is 2. The molecule has 0 aliphatic carbocycles. The quantitative estimate of drug-likeness (QED) is 0.707. The number of rotatable bonds is 6. The molecule has 1 aromatic heterocycles. The summed E-state index contributed by atoms with van der Waals surface area (Å²) in [5.41, 5.74) is 5.94. The van der Waals surface area contributed by atoms with Crippen molar-refractivity contribution in [3.63, 3.8) is 0 Å². The van der Waals surface area contributed by atoms with Crippen LogP contribution in [0.1, 0.15) is 16.1 Å². The van der Waals surface area contributed by atoms with Crippen molar-refractivity contribution in [3.05, 3.63) is 46.7 Å². The molecule has 144 valence electrons. The summed E-state index contributed by atoms with van der Waals surface area (Å²) in [5, 5.41) is 2.43. The normalized spacial score (nSPS) is 14.0. The van der Waals surface area contributed by atoms with Gasteiger partial charge in [0.25, 0.3) is 5.91 Å². The first-order valence-corrected chi connectivity index (χ1v) is 10.3. The molecule has 2 aromatic rings. The number of thiazole rings is 1. The zero-order chi connectivity index (χ0) is 19.1. The van der Waals surface area contributed by atoms with Gasteiger partial charge >= 0.3 is 0 Å². The minimum absolute atomic E-state index is 0.174. The highest BCUT2D eigenvalue weighted by molar-refractivity contribution is 7.99. The Bertz CT molecular complexity index is 779. The summed E-state index contributed by atoms with van der Waals surface area (Å²) in [6, 6.07) is 6.12. The topological polar surface area (TPSA) is 83.6 Å². The zero-order valence-corrected chi connectivity index (χ0v) is 16.1. The fraction of sp³-hybridized carbons (Fsp3) is 0.353.